The Labute approximate surface area is 95.6 Å². The molecule has 0 aromatic rings. The van der Waals surface area contributed by atoms with Gasteiger partial charge in [0.05, 0.1) is 12.7 Å². The van der Waals surface area contributed by atoms with Gasteiger partial charge in [0.25, 0.3) is 0 Å². The summed E-state index contributed by atoms with van der Waals surface area (Å²) in [6.45, 7) is 8.00. The van der Waals surface area contributed by atoms with Gasteiger partial charge in [0.2, 0.25) is 0 Å². The summed E-state index contributed by atoms with van der Waals surface area (Å²) in [7, 11) is 0. The summed E-state index contributed by atoms with van der Waals surface area (Å²) >= 11 is 0. The normalized spacial score (nSPS) is 23.8. The topological polar surface area (TPSA) is 12.5 Å². The molecule has 1 nitrogen and oxygen atoms in total. The van der Waals surface area contributed by atoms with Crippen molar-refractivity contribution in [1.82, 2.24) is 0 Å². The Morgan fingerprint density at radius 2 is 1.80 bits per heavy atom. The monoisotopic (exact) mass is 212 g/mol. The number of unbranched alkanes of at least 4 members (excludes halogenated alkanes) is 1. The van der Waals surface area contributed by atoms with Crippen molar-refractivity contribution >= 4 is 0 Å². The van der Waals surface area contributed by atoms with Crippen molar-refractivity contribution in [2.24, 2.45) is 11.8 Å². The molecule has 3 unspecified atom stereocenters. The largest absolute Gasteiger partial charge is 0.373 e. The summed E-state index contributed by atoms with van der Waals surface area (Å²) in [5.74, 6) is 1.88. The van der Waals surface area contributed by atoms with E-state index in [1.807, 2.05) is 0 Å². The molecule has 90 valence electrons. The van der Waals surface area contributed by atoms with Crippen LogP contribution in [0, 0.1) is 11.8 Å². The molecular formula is C14H28O. The maximum Gasteiger partial charge on any atom is 0.0812 e. The number of hydrogen-bond donors (Lipinski definition) is 0. The van der Waals surface area contributed by atoms with Gasteiger partial charge in [-0.05, 0) is 24.7 Å². The molecule has 1 heterocycles. The Hall–Kier alpha value is -0.0400. The highest BCUT2D eigenvalue weighted by Gasteiger charge is 2.26. The lowest BCUT2D eigenvalue weighted by molar-refractivity contribution is 0.284. The molecule has 0 amide bonds. The maximum atomic E-state index is 5.34. The Balaban J connectivity index is 2.19. The highest BCUT2D eigenvalue weighted by Crippen LogP contribution is 2.29. The van der Waals surface area contributed by atoms with E-state index in [9.17, 15) is 0 Å². The van der Waals surface area contributed by atoms with E-state index in [-0.39, 0.29) is 0 Å². The number of ether oxygens (including phenoxy) is 1. The average molecular weight is 212 g/mol. The number of epoxide rings is 1. The third-order valence-electron chi connectivity index (χ3n) is 3.79. The van der Waals surface area contributed by atoms with E-state index in [0.29, 0.717) is 6.10 Å². The molecule has 0 aromatic heterocycles. The molecule has 1 rings (SSSR count). The molecule has 1 fully saturated rings. The average Bonchev–Trinajstić information content (AvgIpc) is 3.06. The second-order valence-corrected chi connectivity index (χ2v) is 5.12. The molecule has 0 bridgehead atoms. The van der Waals surface area contributed by atoms with Crippen LogP contribution in [0.3, 0.4) is 0 Å². The quantitative estimate of drug-likeness (QED) is 0.516. The van der Waals surface area contributed by atoms with Crippen molar-refractivity contribution in [2.75, 3.05) is 6.61 Å². The van der Waals surface area contributed by atoms with Gasteiger partial charge in [-0.25, -0.2) is 0 Å². The van der Waals surface area contributed by atoms with Crippen molar-refractivity contribution in [1.29, 1.82) is 0 Å². The molecule has 15 heavy (non-hydrogen) atoms. The van der Waals surface area contributed by atoms with Gasteiger partial charge in [-0.1, -0.05) is 52.9 Å². The Bertz CT molecular complexity index is 151. The molecule has 3 atom stereocenters. The van der Waals surface area contributed by atoms with Crippen LogP contribution in [0.15, 0.2) is 0 Å². The van der Waals surface area contributed by atoms with E-state index >= 15 is 0 Å². The van der Waals surface area contributed by atoms with Crippen LogP contribution >= 0.6 is 0 Å². The maximum absolute atomic E-state index is 5.34. The molecule has 1 heteroatoms. The van der Waals surface area contributed by atoms with Crippen molar-refractivity contribution in [3.8, 4) is 0 Å². The van der Waals surface area contributed by atoms with Gasteiger partial charge in [0.1, 0.15) is 0 Å². The lowest BCUT2D eigenvalue weighted by Gasteiger charge is -2.21. The Morgan fingerprint density at radius 3 is 2.27 bits per heavy atom. The number of hydrogen-bond acceptors (Lipinski definition) is 1. The standard InChI is InChI=1S/C14H28O/c1-4-7-8-12(5-2)9-13(6-3)10-14-11-15-14/h12-14H,4-11H2,1-3H3. The van der Waals surface area contributed by atoms with Gasteiger partial charge >= 0.3 is 0 Å². The molecule has 0 spiro atoms. The first-order valence-electron chi connectivity index (χ1n) is 6.91. The molecule has 0 N–H and O–H groups in total. The van der Waals surface area contributed by atoms with Crippen LogP contribution in [0.5, 0.6) is 0 Å². The zero-order valence-corrected chi connectivity index (χ0v) is 10.8. The summed E-state index contributed by atoms with van der Waals surface area (Å²) in [6.07, 6.45) is 10.3. The van der Waals surface area contributed by atoms with Gasteiger partial charge < -0.3 is 4.74 Å². The van der Waals surface area contributed by atoms with Gasteiger partial charge in [-0.2, -0.15) is 0 Å². The van der Waals surface area contributed by atoms with E-state index in [1.54, 1.807) is 0 Å². The predicted octanol–water partition coefficient (Wildman–Crippen LogP) is 4.41. The van der Waals surface area contributed by atoms with Gasteiger partial charge in [0, 0.05) is 0 Å². The van der Waals surface area contributed by atoms with Gasteiger partial charge in [-0.3, -0.25) is 0 Å². The first-order chi connectivity index (χ1) is 7.30. The van der Waals surface area contributed by atoms with Crippen LogP contribution < -0.4 is 0 Å². The molecule has 0 aliphatic carbocycles. The highest BCUT2D eigenvalue weighted by atomic mass is 16.6. The number of rotatable bonds is 9. The second kappa shape index (κ2) is 7.27. The highest BCUT2D eigenvalue weighted by molar-refractivity contribution is 4.75. The summed E-state index contributed by atoms with van der Waals surface area (Å²) in [5.41, 5.74) is 0. The molecule has 1 aliphatic heterocycles. The van der Waals surface area contributed by atoms with Crippen molar-refractivity contribution in [3.63, 3.8) is 0 Å². The third-order valence-corrected chi connectivity index (χ3v) is 3.79. The lowest BCUT2D eigenvalue weighted by atomic mass is 9.85. The minimum atomic E-state index is 0.624. The van der Waals surface area contributed by atoms with Gasteiger partial charge in [-0.15, -0.1) is 0 Å². The van der Waals surface area contributed by atoms with Crippen LogP contribution in [0.4, 0.5) is 0 Å². The van der Waals surface area contributed by atoms with E-state index in [4.69, 9.17) is 4.74 Å². The van der Waals surface area contributed by atoms with E-state index < -0.39 is 0 Å². The first kappa shape index (κ1) is 13.0. The van der Waals surface area contributed by atoms with Crippen molar-refractivity contribution < 1.29 is 4.74 Å². The zero-order valence-electron chi connectivity index (χ0n) is 10.8. The summed E-state index contributed by atoms with van der Waals surface area (Å²) in [4.78, 5) is 0. The molecule has 1 saturated heterocycles. The lowest BCUT2D eigenvalue weighted by Crippen LogP contribution is -2.10. The van der Waals surface area contributed by atoms with Crippen molar-refractivity contribution in [3.05, 3.63) is 0 Å². The molecule has 0 radical (unpaired) electrons. The van der Waals surface area contributed by atoms with E-state index in [1.165, 1.54) is 44.9 Å². The molecule has 1 aliphatic rings. The van der Waals surface area contributed by atoms with Crippen LogP contribution in [-0.4, -0.2) is 12.7 Å². The SMILES string of the molecule is CCCCC(CC)CC(CC)CC1CO1. The van der Waals surface area contributed by atoms with Crippen LogP contribution in [0.2, 0.25) is 0 Å². The summed E-state index contributed by atoms with van der Waals surface area (Å²) in [5, 5.41) is 0. The zero-order chi connectivity index (χ0) is 11.1. The van der Waals surface area contributed by atoms with E-state index in [0.717, 1.165) is 18.4 Å². The minimum Gasteiger partial charge on any atom is -0.373 e. The van der Waals surface area contributed by atoms with Crippen LogP contribution in [-0.2, 0) is 4.74 Å². The Morgan fingerprint density at radius 1 is 1.13 bits per heavy atom. The van der Waals surface area contributed by atoms with Crippen LogP contribution in [0.25, 0.3) is 0 Å². The molecular weight excluding hydrogens is 184 g/mol. The first-order valence-corrected chi connectivity index (χ1v) is 6.91. The summed E-state index contributed by atoms with van der Waals surface area (Å²) in [6, 6.07) is 0. The Kier molecular flexibility index (Phi) is 6.31. The minimum absolute atomic E-state index is 0.624. The molecule has 0 saturated carbocycles. The fraction of sp³-hybridized carbons (Fsp3) is 1.00. The third kappa shape index (κ3) is 5.55. The van der Waals surface area contributed by atoms with Crippen molar-refractivity contribution in [2.45, 2.75) is 71.8 Å². The summed E-state index contributed by atoms with van der Waals surface area (Å²) < 4.78 is 5.34. The fourth-order valence-electron chi connectivity index (χ4n) is 2.46. The smallest absolute Gasteiger partial charge is 0.0812 e. The van der Waals surface area contributed by atoms with E-state index in [2.05, 4.69) is 20.8 Å². The van der Waals surface area contributed by atoms with Gasteiger partial charge in [0.15, 0.2) is 0 Å². The molecule has 0 aromatic carbocycles. The predicted molar refractivity (Wildman–Crippen MR) is 66.1 cm³/mol. The fourth-order valence-corrected chi connectivity index (χ4v) is 2.46. The van der Waals surface area contributed by atoms with Crippen LogP contribution in [0.1, 0.15) is 65.7 Å². The second-order valence-electron chi connectivity index (χ2n) is 5.12.